The third-order valence-electron chi connectivity index (χ3n) is 2.21. The fourth-order valence-corrected chi connectivity index (χ4v) is 1.43. The van der Waals surface area contributed by atoms with Crippen molar-refractivity contribution >= 4 is 6.29 Å². The summed E-state index contributed by atoms with van der Waals surface area (Å²) < 4.78 is 0. The molecule has 0 aliphatic rings. The van der Waals surface area contributed by atoms with Gasteiger partial charge in [0.05, 0.1) is 0 Å². The first-order valence-corrected chi connectivity index (χ1v) is 4.33. The van der Waals surface area contributed by atoms with Crippen LogP contribution in [0.5, 0.6) is 0 Å². The largest absolute Gasteiger partial charge is 0.385 e. The van der Waals surface area contributed by atoms with Crippen LogP contribution >= 0.6 is 0 Å². The molecule has 0 aliphatic heterocycles. The van der Waals surface area contributed by atoms with Gasteiger partial charge in [0.25, 0.3) is 0 Å². The summed E-state index contributed by atoms with van der Waals surface area (Å²) in [7, 11) is 0. The molecule has 0 aromatic heterocycles. The normalized spacial score (nSPS) is 12.5. The van der Waals surface area contributed by atoms with E-state index >= 15 is 0 Å². The summed E-state index contributed by atoms with van der Waals surface area (Å²) in [6, 6.07) is 5.95. The molecular formula is C11H14O2. The van der Waals surface area contributed by atoms with Crippen LogP contribution in [0, 0.1) is 13.8 Å². The molecule has 0 saturated heterocycles. The highest BCUT2D eigenvalue weighted by Gasteiger charge is 2.07. The molecule has 0 radical (unpaired) electrons. The molecule has 1 unspecified atom stereocenters. The molecule has 1 aromatic carbocycles. The van der Waals surface area contributed by atoms with Gasteiger partial charge in [0.2, 0.25) is 0 Å². The SMILES string of the molecule is Cc1cccc(C)c1CC(O)C=O. The van der Waals surface area contributed by atoms with Crippen molar-refractivity contribution in [3.8, 4) is 0 Å². The van der Waals surface area contributed by atoms with Crippen molar-refractivity contribution in [3.63, 3.8) is 0 Å². The first kappa shape index (κ1) is 9.93. The summed E-state index contributed by atoms with van der Waals surface area (Å²) in [6.07, 6.45) is 0.119. The minimum Gasteiger partial charge on any atom is -0.385 e. The summed E-state index contributed by atoms with van der Waals surface area (Å²) in [5, 5.41) is 9.19. The zero-order valence-corrected chi connectivity index (χ0v) is 7.95. The van der Waals surface area contributed by atoms with Crippen LogP contribution in [-0.4, -0.2) is 17.5 Å². The second kappa shape index (κ2) is 4.19. The maximum absolute atomic E-state index is 10.3. The van der Waals surface area contributed by atoms with E-state index in [-0.39, 0.29) is 0 Å². The van der Waals surface area contributed by atoms with Crippen molar-refractivity contribution in [1.29, 1.82) is 0 Å². The highest BCUT2D eigenvalue weighted by Crippen LogP contribution is 2.14. The van der Waals surface area contributed by atoms with E-state index in [1.807, 2.05) is 32.0 Å². The number of aryl methyl sites for hydroxylation is 2. The maximum atomic E-state index is 10.3. The van der Waals surface area contributed by atoms with Gasteiger partial charge < -0.3 is 9.90 Å². The number of aliphatic hydroxyl groups is 1. The molecule has 70 valence electrons. The first-order chi connectivity index (χ1) is 6.15. The van der Waals surface area contributed by atoms with Crippen LogP contribution in [0.25, 0.3) is 0 Å². The molecule has 2 nitrogen and oxygen atoms in total. The van der Waals surface area contributed by atoms with Crippen molar-refractivity contribution < 1.29 is 9.90 Å². The van der Waals surface area contributed by atoms with Gasteiger partial charge in [0.1, 0.15) is 12.4 Å². The lowest BCUT2D eigenvalue weighted by atomic mass is 9.98. The monoisotopic (exact) mass is 178 g/mol. The van der Waals surface area contributed by atoms with Gasteiger partial charge in [-0.25, -0.2) is 0 Å². The molecule has 0 saturated carbocycles. The third-order valence-corrected chi connectivity index (χ3v) is 2.21. The molecule has 0 aliphatic carbocycles. The minimum atomic E-state index is -0.875. The molecule has 0 fully saturated rings. The van der Waals surface area contributed by atoms with E-state index in [0.29, 0.717) is 12.7 Å². The van der Waals surface area contributed by atoms with E-state index in [9.17, 15) is 9.90 Å². The van der Waals surface area contributed by atoms with E-state index in [0.717, 1.165) is 16.7 Å². The smallest absolute Gasteiger partial charge is 0.148 e. The molecule has 0 bridgehead atoms. The number of carbonyl (C=O) groups is 1. The second-order valence-electron chi connectivity index (χ2n) is 3.28. The fourth-order valence-electron chi connectivity index (χ4n) is 1.43. The van der Waals surface area contributed by atoms with Crippen molar-refractivity contribution in [2.24, 2.45) is 0 Å². The van der Waals surface area contributed by atoms with E-state index in [1.54, 1.807) is 0 Å². The number of aliphatic hydroxyl groups excluding tert-OH is 1. The predicted molar refractivity (Wildman–Crippen MR) is 51.7 cm³/mol. The van der Waals surface area contributed by atoms with Gasteiger partial charge in [-0.15, -0.1) is 0 Å². The molecular weight excluding hydrogens is 164 g/mol. The zero-order chi connectivity index (χ0) is 9.84. The van der Waals surface area contributed by atoms with Gasteiger partial charge in [-0.3, -0.25) is 0 Å². The third kappa shape index (κ3) is 2.39. The number of rotatable bonds is 3. The van der Waals surface area contributed by atoms with Gasteiger partial charge in [-0.1, -0.05) is 18.2 Å². The number of benzene rings is 1. The van der Waals surface area contributed by atoms with Crippen LogP contribution in [-0.2, 0) is 11.2 Å². The summed E-state index contributed by atoms with van der Waals surface area (Å²) >= 11 is 0. The first-order valence-electron chi connectivity index (χ1n) is 4.33. The van der Waals surface area contributed by atoms with Gasteiger partial charge in [0.15, 0.2) is 0 Å². The molecule has 1 atom stereocenters. The van der Waals surface area contributed by atoms with Crippen molar-refractivity contribution in [1.82, 2.24) is 0 Å². The Morgan fingerprint density at radius 3 is 2.38 bits per heavy atom. The molecule has 2 heteroatoms. The van der Waals surface area contributed by atoms with E-state index in [4.69, 9.17) is 0 Å². The number of carbonyl (C=O) groups excluding carboxylic acids is 1. The molecule has 1 aromatic rings. The molecule has 1 N–H and O–H groups in total. The Bertz CT molecular complexity index is 285. The zero-order valence-electron chi connectivity index (χ0n) is 7.95. The maximum Gasteiger partial charge on any atom is 0.148 e. The standard InChI is InChI=1S/C11H14O2/c1-8-4-3-5-9(2)11(8)6-10(13)7-12/h3-5,7,10,13H,6H2,1-2H3. The number of aldehydes is 1. The molecule has 0 spiro atoms. The van der Waals surface area contributed by atoms with Crippen LogP contribution in [0.2, 0.25) is 0 Å². The van der Waals surface area contributed by atoms with Crippen LogP contribution in [0.1, 0.15) is 16.7 Å². The lowest BCUT2D eigenvalue weighted by Crippen LogP contribution is -2.13. The van der Waals surface area contributed by atoms with Gasteiger partial charge >= 0.3 is 0 Å². The minimum absolute atomic E-state index is 0.419. The predicted octanol–water partition coefficient (Wildman–Crippen LogP) is 1.41. The Morgan fingerprint density at radius 2 is 1.92 bits per heavy atom. The van der Waals surface area contributed by atoms with Gasteiger partial charge in [-0.05, 0) is 30.5 Å². The number of hydrogen-bond donors (Lipinski definition) is 1. The average Bonchev–Trinajstić information content (AvgIpc) is 2.11. The topological polar surface area (TPSA) is 37.3 Å². The highest BCUT2D eigenvalue weighted by atomic mass is 16.3. The molecule has 1 rings (SSSR count). The average molecular weight is 178 g/mol. The van der Waals surface area contributed by atoms with Crippen molar-refractivity contribution in [2.75, 3.05) is 0 Å². The Morgan fingerprint density at radius 1 is 1.38 bits per heavy atom. The lowest BCUT2D eigenvalue weighted by Gasteiger charge is -2.10. The van der Waals surface area contributed by atoms with E-state index in [2.05, 4.69) is 0 Å². The fraction of sp³-hybridized carbons (Fsp3) is 0.364. The van der Waals surface area contributed by atoms with Crippen LogP contribution in [0.3, 0.4) is 0 Å². The Kier molecular flexibility index (Phi) is 3.20. The quantitative estimate of drug-likeness (QED) is 0.710. The van der Waals surface area contributed by atoms with E-state index < -0.39 is 6.10 Å². The van der Waals surface area contributed by atoms with Crippen molar-refractivity contribution in [3.05, 3.63) is 34.9 Å². The summed E-state index contributed by atoms with van der Waals surface area (Å²) in [5.74, 6) is 0. The van der Waals surface area contributed by atoms with Gasteiger partial charge in [0, 0.05) is 6.42 Å². The van der Waals surface area contributed by atoms with Crippen LogP contribution in [0.15, 0.2) is 18.2 Å². The van der Waals surface area contributed by atoms with Crippen molar-refractivity contribution in [2.45, 2.75) is 26.4 Å². The lowest BCUT2D eigenvalue weighted by molar-refractivity contribution is -0.114. The molecule has 0 amide bonds. The van der Waals surface area contributed by atoms with E-state index in [1.165, 1.54) is 0 Å². The van der Waals surface area contributed by atoms with Gasteiger partial charge in [-0.2, -0.15) is 0 Å². The molecule has 13 heavy (non-hydrogen) atoms. The molecule has 0 heterocycles. The Labute approximate surface area is 78.2 Å². The second-order valence-corrected chi connectivity index (χ2v) is 3.28. The highest BCUT2D eigenvalue weighted by molar-refractivity contribution is 5.57. The summed E-state index contributed by atoms with van der Waals surface area (Å²) in [5.41, 5.74) is 3.32. The Hall–Kier alpha value is -1.15. The summed E-state index contributed by atoms with van der Waals surface area (Å²) in [6.45, 7) is 3.97. The number of hydrogen-bond acceptors (Lipinski definition) is 2. The summed E-state index contributed by atoms with van der Waals surface area (Å²) in [4.78, 5) is 10.3. The van der Waals surface area contributed by atoms with Crippen LogP contribution in [0.4, 0.5) is 0 Å². The Balaban J connectivity index is 2.93. The van der Waals surface area contributed by atoms with Crippen LogP contribution < -0.4 is 0 Å².